The summed E-state index contributed by atoms with van der Waals surface area (Å²) in [5, 5.41) is 3.66. The number of nitrogens with zero attached hydrogens (tertiary/aromatic N) is 3. The van der Waals surface area contributed by atoms with E-state index in [1.54, 1.807) is 19.5 Å². The van der Waals surface area contributed by atoms with Crippen molar-refractivity contribution >= 4 is 17.2 Å². The van der Waals surface area contributed by atoms with E-state index in [0.29, 0.717) is 17.1 Å². The third kappa shape index (κ3) is 3.57. The summed E-state index contributed by atoms with van der Waals surface area (Å²) in [5.41, 5.74) is 4.15. The second-order valence-corrected chi connectivity index (χ2v) is 6.88. The molecule has 3 aromatic rings. The van der Waals surface area contributed by atoms with Crippen molar-refractivity contribution in [1.82, 2.24) is 20.3 Å². The van der Waals surface area contributed by atoms with Gasteiger partial charge in [-0.05, 0) is 32.9 Å². The van der Waals surface area contributed by atoms with Crippen LogP contribution in [-0.4, -0.2) is 28.0 Å². The van der Waals surface area contributed by atoms with Crippen molar-refractivity contribution in [2.45, 2.75) is 27.3 Å². The van der Waals surface area contributed by atoms with Gasteiger partial charge in [-0.2, -0.15) is 0 Å². The molecule has 3 aromatic heterocycles. The van der Waals surface area contributed by atoms with Crippen molar-refractivity contribution in [1.29, 1.82) is 0 Å². The average molecular weight is 368 g/mol. The highest BCUT2D eigenvalue weighted by Gasteiger charge is 2.17. The number of nitrogens with one attached hydrogen (secondary N) is 1. The third-order valence-electron chi connectivity index (χ3n) is 4.05. The largest absolute Gasteiger partial charge is 0.496 e. The lowest BCUT2D eigenvalue weighted by Crippen LogP contribution is -2.23. The Labute approximate surface area is 156 Å². The number of hydrogen-bond donors (Lipinski definition) is 1. The van der Waals surface area contributed by atoms with Gasteiger partial charge >= 0.3 is 0 Å². The molecule has 0 aliphatic rings. The van der Waals surface area contributed by atoms with Gasteiger partial charge in [-0.1, -0.05) is 6.07 Å². The second-order valence-electron chi connectivity index (χ2n) is 5.88. The van der Waals surface area contributed by atoms with Gasteiger partial charge in [0, 0.05) is 23.5 Å². The van der Waals surface area contributed by atoms with Crippen molar-refractivity contribution < 1.29 is 9.53 Å². The number of amides is 1. The van der Waals surface area contributed by atoms with E-state index in [-0.39, 0.29) is 5.91 Å². The Morgan fingerprint density at radius 2 is 2.04 bits per heavy atom. The lowest BCUT2D eigenvalue weighted by atomic mass is 10.1. The molecular weight excluding hydrogens is 348 g/mol. The predicted molar refractivity (Wildman–Crippen MR) is 102 cm³/mol. The Kier molecular flexibility index (Phi) is 5.27. The van der Waals surface area contributed by atoms with E-state index in [2.05, 4.69) is 20.3 Å². The van der Waals surface area contributed by atoms with Gasteiger partial charge in [0.05, 0.1) is 30.7 Å². The number of carbonyl (C=O) groups excluding carboxylic acids is 1. The average Bonchev–Trinajstić information content (AvgIpc) is 3.04. The van der Waals surface area contributed by atoms with Crippen LogP contribution in [0.5, 0.6) is 5.75 Å². The molecule has 3 rings (SSSR count). The van der Waals surface area contributed by atoms with Gasteiger partial charge in [-0.3, -0.25) is 14.8 Å². The lowest BCUT2D eigenvalue weighted by molar-refractivity contribution is 0.0953. The van der Waals surface area contributed by atoms with E-state index in [4.69, 9.17) is 4.74 Å². The first-order valence-electron chi connectivity index (χ1n) is 8.17. The number of aryl methyl sites for hydroxylation is 2. The molecule has 0 bridgehead atoms. The van der Waals surface area contributed by atoms with Crippen LogP contribution in [0.2, 0.25) is 0 Å². The molecule has 1 amide bonds. The molecule has 3 heterocycles. The molecule has 7 heteroatoms. The highest BCUT2D eigenvalue weighted by Crippen LogP contribution is 2.27. The zero-order chi connectivity index (χ0) is 18.7. The maximum Gasteiger partial charge on any atom is 0.263 e. The van der Waals surface area contributed by atoms with Crippen molar-refractivity contribution in [2.75, 3.05) is 7.11 Å². The van der Waals surface area contributed by atoms with E-state index in [0.717, 1.165) is 33.3 Å². The van der Waals surface area contributed by atoms with Crippen molar-refractivity contribution in [3.8, 4) is 16.5 Å². The molecule has 0 radical (unpaired) electrons. The normalized spacial score (nSPS) is 10.6. The summed E-state index contributed by atoms with van der Waals surface area (Å²) in [6, 6.07) is 5.63. The minimum atomic E-state index is -0.164. The van der Waals surface area contributed by atoms with E-state index < -0.39 is 0 Å². The molecule has 134 valence electrons. The monoisotopic (exact) mass is 368 g/mol. The van der Waals surface area contributed by atoms with Gasteiger partial charge in [0.25, 0.3) is 5.91 Å². The molecule has 0 unspecified atom stereocenters. The number of ether oxygens (including phenoxy) is 1. The minimum Gasteiger partial charge on any atom is -0.496 e. The molecule has 0 spiro atoms. The molecule has 0 atom stereocenters. The van der Waals surface area contributed by atoms with Gasteiger partial charge < -0.3 is 10.1 Å². The fourth-order valence-electron chi connectivity index (χ4n) is 2.70. The van der Waals surface area contributed by atoms with Crippen LogP contribution in [0.15, 0.2) is 30.6 Å². The molecule has 6 nitrogen and oxygen atoms in total. The summed E-state index contributed by atoms with van der Waals surface area (Å²) in [6.45, 7) is 6.05. The Bertz CT molecular complexity index is 938. The van der Waals surface area contributed by atoms with E-state index in [1.807, 2.05) is 39.0 Å². The van der Waals surface area contributed by atoms with Crippen LogP contribution >= 0.6 is 11.3 Å². The van der Waals surface area contributed by atoms with E-state index in [9.17, 15) is 4.79 Å². The van der Waals surface area contributed by atoms with Crippen molar-refractivity contribution in [3.05, 3.63) is 58.0 Å². The first-order chi connectivity index (χ1) is 12.5. The summed E-state index contributed by atoms with van der Waals surface area (Å²) in [5.74, 6) is 0.638. The van der Waals surface area contributed by atoms with Crippen LogP contribution in [0, 0.1) is 20.8 Å². The van der Waals surface area contributed by atoms with Gasteiger partial charge in [-0.25, -0.2) is 4.98 Å². The van der Waals surface area contributed by atoms with Gasteiger partial charge in [0.15, 0.2) is 0 Å². The van der Waals surface area contributed by atoms with Crippen molar-refractivity contribution in [3.63, 3.8) is 0 Å². The van der Waals surface area contributed by atoms with Crippen molar-refractivity contribution in [2.24, 2.45) is 0 Å². The Morgan fingerprint density at radius 3 is 2.73 bits per heavy atom. The zero-order valence-corrected chi connectivity index (χ0v) is 16.0. The van der Waals surface area contributed by atoms with Crippen LogP contribution in [0.3, 0.4) is 0 Å². The second kappa shape index (κ2) is 7.61. The highest BCUT2D eigenvalue weighted by molar-refractivity contribution is 7.17. The third-order valence-corrected chi connectivity index (χ3v) is 5.23. The number of hydrogen-bond acceptors (Lipinski definition) is 6. The predicted octanol–water partition coefficient (Wildman–Crippen LogP) is 3.46. The molecule has 0 aromatic carbocycles. The molecular formula is C19H20N4O2S. The van der Waals surface area contributed by atoms with Crippen LogP contribution in [-0.2, 0) is 6.54 Å². The Hall–Kier alpha value is -2.80. The number of methoxy groups -OCH3 is 1. The highest BCUT2D eigenvalue weighted by atomic mass is 32.1. The lowest BCUT2D eigenvalue weighted by Gasteiger charge is -2.12. The molecule has 26 heavy (non-hydrogen) atoms. The first-order valence-corrected chi connectivity index (χ1v) is 8.99. The number of thiazole rings is 1. The molecule has 0 aliphatic carbocycles. The topological polar surface area (TPSA) is 77.0 Å². The first kappa shape index (κ1) is 18.0. The summed E-state index contributed by atoms with van der Waals surface area (Å²) in [4.78, 5) is 26.4. The number of aromatic nitrogens is 3. The van der Waals surface area contributed by atoms with E-state index in [1.165, 1.54) is 11.3 Å². The van der Waals surface area contributed by atoms with E-state index >= 15 is 0 Å². The number of carbonyl (C=O) groups is 1. The molecule has 0 aliphatic heterocycles. The fraction of sp³-hybridized carbons (Fsp3) is 0.263. The maximum atomic E-state index is 12.6. The Balaban J connectivity index is 1.76. The standard InChI is InChI=1S/C19H20N4O2S/c1-11-9-21-15(12(2)16(11)25-4)10-22-18(24)17-13(3)23-19(26-17)14-7-5-6-8-20-14/h5-9H,10H2,1-4H3,(H,22,24). The summed E-state index contributed by atoms with van der Waals surface area (Å²) >= 11 is 1.34. The van der Waals surface area contributed by atoms with Gasteiger partial charge in [-0.15, -0.1) is 11.3 Å². The SMILES string of the molecule is COc1c(C)cnc(CNC(=O)c2sc(-c3ccccn3)nc2C)c1C. The van der Waals surface area contributed by atoms with Crippen LogP contribution < -0.4 is 10.1 Å². The maximum absolute atomic E-state index is 12.6. The quantitative estimate of drug-likeness (QED) is 0.746. The molecule has 0 fully saturated rings. The molecule has 1 N–H and O–H groups in total. The number of pyridine rings is 2. The Morgan fingerprint density at radius 1 is 1.23 bits per heavy atom. The van der Waals surface area contributed by atoms with Gasteiger partial charge in [0.1, 0.15) is 15.6 Å². The van der Waals surface area contributed by atoms with Crippen LogP contribution in [0.25, 0.3) is 10.7 Å². The van der Waals surface area contributed by atoms with Crippen LogP contribution in [0.1, 0.15) is 32.2 Å². The summed E-state index contributed by atoms with van der Waals surface area (Å²) < 4.78 is 5.41. The smallest absolute Gasteiger partial charge is 0.263 e. The molecule has 0 saturated carbocycles. The fourth-order valence-corrected chi connectivity index (χ4v) is 3.66. The van der Waals surface area contributed by atoms with Gasteiger partial charge in [0.2, 0.25) is 0 Å². The number of rotatable bonds is 5. The van der Waals surface area contributed by atoms with Crippen LogP contribution in [0.4, 0.5) is 0 Å². The minimum absolute atomic E-state index is 0.164. The summed E-state index contributed by atoms with van der Waals surface area (Å²) in [7, 11) is 1.64. The molecule has 0 saturated heterocycles. The summed E-state index contributed by atoms with van der Waals surface area (Å²) in [6.07, 6.45) is 3.47. The zero-order valence-electron chi connectivity index (χ0n) is 15.2.